The first-order chi connectivity index (χ1) is 17.1. The van der Waals surface area contributed by atoms with Crippen molar-refractivity contribution in [2.75, 3.05) is 5.32 Å². The number of H-pyrrole nitrogens is 2. The van der Waals surface area contributed by atoms with Crippen LogP contribution in [0.4, 0.5) is 5.69 Å². The molecule has 0 aliphatic rings. The zero-order chi connectivity index (χ0) is 23.9. The van der Waals surface area contributed by atoms with Gasteiger partial charge in [0.25, 0.3) is 0 Å². The van der Waals surface area contributed by atoms with Gasteiger partial charge < -0.3 is 10.3 Å². The summed E-state index contributed by atoms with van der Waals surface area (Å²) in [6.07, 6.45) is 8.89. The third-order valence-corrected chi connectivity index (χ3v) is 6.60. The maximum absolute atomic E-state index is 12.1. The fraction of sp³-hybridized carbons (Fsp3) is 0.115. The number of thiophene rings is 1. The van der Waals surface area contributed by atoms with Crippen molar-refractivity contribution in [3.05, 3.63) is 66.0 Å². The smallest absolute Gasteiger partial charge is 0.226 e. The number of carbonyl (C=O) groups is 1. The van der Waals surface area contributed by atoms with Gasteiger partial charge in [-0.2, -0.15) is 16.4 Å². The minimum Gasteiger partial charge on any atom is -0.352 e. The number of carbonyl (C=O) groups excluding carboxylic acids is 1. The fourth-order valence-electron chi connectivity index (χ4n) is 4.05. The molecule has 9 heteroatoms. The highest BCUT2D eigenvalue weighted by atomic mass is 32.1. The highest BCUT2D eigenvalue weighted by Crippen LogP contribution is 2.35. The lowest BCUT2D eigenvalue weighted by molar-refractivity contribution is -0.118. The highest BCUT2D eigenvalue weighted by Gasteiger charge is 2.15. The summed E-state index contributed by atoms with van der Waals surface area (Å²) in [7, 11) is 0. The van der Waals surface area contributed by atoms with Crippen molar-refractivity contribution < 1.29 is 4.79 Å². The number of rotatable bonds is 5. The van der Waals surface area contributed by atoms with E-state index in [0.29, 0.717) is 11.3 Å². The third-order valence-electron chi connectivity index (χ3n) is 5.92. The maximum Gasteiger partial charge on any atom is 0.226 e. The number of amides is 1. The standard InChI is InChI=1S/C26H21N7OS/c1-14(2)26(34)30-18-5-16(8-27-10-18)17-6-20-24(32-33-25(20)29-9-17)22-7-19-21(15-3-4-35-13-15)11-28-12-23(19)31-22/h3-14,31H,1-2H3,(H,30,34)(H,29,32,33). The third kappa shape index (κ3) is 3.85. The van der Waals surface area contributed by atoms with Crippen LogP contribution in [0, 0.1) is 5.92 Å². The number of aromatic amines is 2. The van der Waals surface area contributed by atoms with E-state index in [1.165, 1.54) is 0 Å². The second kappa shape index (κ2) is 8.44. The second-order valence-corrected chi connectivity index (χ2v) is 9.42. The molecule has 0 aromatic carbocycles. The molecule has 35 heavy (non-hydrogen) atoms. The van der Waals surface area contributed by atoms with Crippen molar-refractivity contribution in [1.29, 1.82) is 0 Å². The van der Waals surface area contributed by atoms with Crippen LogP contribution in [0.1, 0.15) is 13.8 Å². The monoisotopic (exact) mass is 479 g/mol. The Balaban J connectivity index is 1.41. The zero-order valence-corrected chi connectivity index (χ0v) is 19.9. The Bertz CT molecular complexity index is 1680. The quantitative estimate of drug-likeness (QED) is 0.286. The van der Waals surface area contributed by atoms with Gasteiger partial charge in [0.1, 0.15) is 0 Å². The van der Waals surface area contributed by atoms with Gasteiger partial charge in [-0.1, -0.05) is 13.8 Å². The van der Waals surface area contributed by atoms with E-state index in [0.717, 1.165) is 49.9 Å². The van der Waals surface area contributed by atoms with E-state index < -0.39 is 0 Å². The van der Waals surface area contributed by atoms with Crippen LogP contribution in [-0.2, 0) is 4.79 Å². The molecule has 0 aliphatic heterocycles. The lowest BCUT2D eigenvalue weighted by Crippen LogP contribution is -2.17. The van der Waals surface area contributed by atoms with Crippen molar-refractivity contribution >= 4 is 44.9 Å². The molecule has 1 amide bonds. The number of hydrogen-bond acceptors (Lipinski definition) is 6. The summed E-state index contributed by atoms with van der Waals surface area (Å²) in [4.78, 5) is 28.9. The molecule has 172 valence electrons. The summed E-state index contributed by atoms with van der Waals surface area (Å²) in [6.45, 7) is 3.71. The average molecular weight is 480 g/mol. The molecular formula is C26H21N7OS. The van der Waals surface area contributed by atoms with Crippen LogP contribution in [0.15, 0.2) is 66.0 Å². The molecule has 6 aromatic rings. The summed E-state index contributed by atoms with van der Waals surface area (Å²) in [5.41, 5.74) is 7.94. The van der Waals surface area contributed by atoms with Crippen LogP contribution in [0.5, 0.6) is 0 Å². The van der Waals surface area contributed by atoms with Crippen molar-refractivity contribution in [3.63, 3.8) is 0 Å². The van der Waals surface area contributed by atoms with E-state index in [1.807, 2.05) is 38.4 Å². The lowest BCUT2D eigenvalue weighted by atomic mass is 10.1. The van der Waals surface area contributed by atoms with Crippen molar-refractivity contribution in [2.24, 2.45) is 5.92 Å². The van der Waals surface area contributed by atoms with Crippen LogP contribution < -0.4 is 5.32 Å². The summed E-state index contributed by atoms with van der Waals surface area (Å²) < 4.78 is 0. The Morgan fingerprint density at radius 2 is 1.83 bits per heavy atom. The fourth-order valence-corrected chi connectivity index (χ4v) is 4.71. The van der Waals surface area contributed by atoms with Gasteiger partial charge in [0.05, 0.1) is 35.0 Å². The summed E-state index contributed by atoms with van der Waals surface area (Å²) >= 11 is 1.66. The molecular weight excluding hydrogens is 458 g/mol. The van der Waals surface area contributed by atoms with Gasteiger partial charge in [-0.15, -0.1) is 0 Å². The largest absolute Gasteiger partial charge is 0.352 e. The Morgan fingerprint density at radius 3 is 2.66 bits per heavy atom. The van der Waals surface area contributed by atoms with E-state index in [-0.39, 0.29) is 11.8 Å². The number of anilines is 1. The minimum atomic E-state index is -0.114. The predicted octanol–water partition coefficient (Wildman–Crippen LogP) is 5.89. The molecule has 0 bridgehead atoms. The summed E-state index contributed by atoms with van der Waals surface area (Å²) in [6, 6.07) is 8.15. The van der Waals surface area contributed by atoms with Gasteiger partial charge in [-0.05, 0) is 40.6 Å². The van der Waals surface area contributed by atoms with Gasteiger partial charge in [0, 0.05) is 52.0 Å². The second-order valence-electron chi connectivity index (χ2n) is 8.64. The molecule has 0 fully saturated rings. The van der Waals surface area contributed by atoms with E-state index in [4.69, 9.17) is 0 Å². The van der Waals surface area contributed by atoms with Crippen LogP contribution in [0.25, 0.3) is 55.6 Å². The Hall–Kier alpha value is -4.37. The van der Waals surface area contributed by atoms with Crippen molar-refractivity contribution in [1.82, 2.24) is 30.1 Å². The molecule has 6 aromatic heterocycles. The molecule has 6 rings (SSSR count). The molecule has 8 nitrogen and oxygen atoms in total. The lowest BCUT2D eigenvalue weighted by Gasteiger charge is -2.09. The first-order valence-electron chi connectivity index (χ1n) is 11.2. The van der Waals surface area contributed by atoms with E-state index in [2.05, 4.69) is 58.3 Å². The summed E-state index contributed by atoms with van der Waals surface area (Å²) in [5, 5.41) is 16.6. The van der Waals surface area contributed by atoms with Gasteiger partial charge in [0.2, 0.25) is 5.91 Å². The van der Waals surface area contributed by atoms with Crippen LogP contribution in [0.3, 0.4) is 0 Å². The maximum atomic E-state index is 12.1. The number of fused-ring (bicyclic) bond motifs is 2. The van der Waals surface area contributed by atoms with Crippen molar-refractivity contribution in [3.8, 4) is 33.6 Å². The number of aromatic nitrogens is 6. The average Bonchev–Trinajstić information content (AvgIpc) is 3.62. The van der Waals surface area contributed by atoms with Crippen molar-refractivity contribution in [2.45, 2.75) is 13.8 Å². The summed E-state index contributed by atoms with van der Waals surface area (Å²) in [5.74, 6) is -0.165. The topological polar surface area (TPSA) is 112 Å². The molecule has 0 spiro atoms. The number of pyridine rings is 3. The van der Waals surface area contributed by atoms with Crippen LogP contribution in [-0.4, -0.2) is 36.0 Å². The van der Waals surface area contributed by atoms with Gasteiger partial charge in [-0.25, -0.2) is 4.98 Å². The highest BCUT2D eigenvalue weighted by molar-refractivity contribution is 7.08. The minimum absolute atomic E-state index is 0.0511. The molecule has 0 unspecified atom stereocenters. The number of nitrogens with zero attached hydrogens (tertiary/aromatic N) is 4. The number of nitrogens with one attached hydrogen (secondary N) is 3. The molecule has 0 aliphatic carbocycles. The van der Waals surface area contributed by atoms with Gasteiger partial charge in [-0.3, -0.25) is 19.9 Å². The molecule has 6 heterocycles. The van der Waals surface area contributed by atoms with E-state index in [1.54, 1.807) is 29.9 Å². The predicted molar refractivity (Wildman–Crippen MR) is 139 cm³/mol. The Kier molecular flexibility index (Phi) is 5.11. The molecule has 3 N–H and O–H groups in total. The van der Waals surface area contributed by atoms with Gasteiger partial charge in [0.15, 0.2) is 5.65 Å². The Labute approximate surface area is 204 Å². The molecule has 0 atom stereocenters. The molecule has 0 saturated carbocycles. The SMILES string of the molecule is CC(C)C(=O)Nc1cncc(-c2cnc3n[nH]c(-c4cc5c(-c6ccsc6)cncc5[nH]4)c3c2)c1. The Morgan fingerprint density at radius 1 is 0.971 bits per heavy atom. The van der Waals surface area contributed by atoms with E-state index in [9.17, 15) is 4.79 Å². The van der Waals surface area contributed by atoms with Crippen LogP contribution in [0.2, 0.25) is 0 Å². The first kappa shape index (κ1) is 21.2. The number of hydrogen-bond donors (Lipinski definition) is 3. The normalized spacial score (nSPS) is 11.5. The van der Waals surface area contributed by atoms with Crippen LogP contribution >= 0.6 is 11.3 Å². The van der Waals surface area contributed by atoms with E-state index >= 15 is 0 Å². The molecule has 0 radical (unpaired) electrons. The molecule has 0 saturated heterocycles. The van der Waals surface area contributed by atoms with Gasteiger partial charge >= 0.3 is 0 Å². The first-order valence-corrected chi connectivity index (χ1v) is 12.1. The zero-order valence-electron chi connectivity index (χ0n) is 19.0.